The summed E-state index contributed by atoms with van der Waals surface area (Å²) in [6.07, 6.45) is -1.18. The van der Waals surface area contributed by atoms with Crippen molar-refractivity contribution < 1.29 is 27.5 Å². The highest BCUT2D eigenvalue weighted by Gasteiger charge is 2.35. The van der Waals surface area contributed by atoms with Gasteiger partial charge in [0, 0.05) is 18.7 Å². The van der Waals surface area contributed by atoms with Crippen molar-refractivity contribution >= 4 is 21.9 Å². The number of benzene rings is 2. The molecule has 0 radical (unpaired) electrons. The maximum Gasteiger partial charge on any atom is 0.325 e. The molecule has 2 atom stereocenters. The molecule has 0 saturated carbocycles. The van der Waals surface area contributed by atoms with E-state index in [0.29, 0.717) is 31.9 Å². The lowest BCUT2D eigenvalue weighted by molar-refractivity contribution is -0.164. The van der Waals surface area contributed by atoms with Crippen LogP contribution in [0.3, 0.4) is 0 Å². The molecule has 0 bridgehead atoms. The van der Waals surface area contributed by atoms with E-state index in [2.05, 4.69) is 4.72 Å². The molecule has 1 saturated heterocycles. The number of esters is 1. The van der Waals surface area contributed by atoms with Gasteiger partial charge in [-0.2, -0.15) is 4.72 Å². The second kappa shape index (κ2) is 10.9. The smallest absolute Gasteiger partial charge is 0.325 e. The second-order valence-electron chi connectivity index (χ2n) is 8.32. The zero-order valence-electron chi connectivity index (χ0n) is 19.1. The van der Waals surface area contributed by atoms with E-state index in [1.807, 2.05) is 6.92 Å². The van der Waals surface area contributed by atoms with Crippen molar-refractivity contribution in [3.05, 3.63) is 65.7 Å². The number of carbonyl (C=O) groups is 2. The highest BCUT2D eigenvalue weighted by atomic mass is 32.2. The van der Waals surface area contributed by atoms with Crippen LogP contribution in [0.1, 0.15) is 31.1 Å². The van der Waals surface area contributed by atoms with Gasteiger partial charge in [0.15, 0.2) is 0 Å². The maximum absolute atomic E-state index is 13.2. The van der Waals surface area contributed by atoms with Crippen LogP contribution >= 0.6 is 0 Å². The van der Waals surface area contributed by atoms with Crippen LogP contribution < -0.4 is 4.72 Å². The van der Waals surface area contributed by atoms with Crippen LogP contribution in [0.5, 0.6) is 0 Å². The van der Waals surface area contributed by atoms with Gasteiger partial charge in [-0.3, -0.25) is 9.59 Å². The van der Waals surface area contributed by atoms with Gasteiger partial charge in [-0.05, 0) is 25.0 Å². The number of hydrogen-bond acceptors (Lipinski definition) is 6. The van der Waals surface area contributed by atoms with Crippen LogP contribution in [0, 0.1) is 12.8 Å². The van der Waals surface area contributed by atoms with Crippen molar-refractivity contribution in [3.8, 4) is 0 Å². The second-order valence-corrected chi connectivity index (χ2v) is 10.0. The molecular weight excluding hydrogens is 444 g/mol. The molecule has 0 aliphatic carbocycles. The quantitative estimate of drug-likeness (QED) is 0.590. The van der Waals surface area contributed by atoms with Gasteiger partial charge in [0.1, 0.15) is 6.04 Å². The summed E-state index contributed by atoms with van der Waals surface area (Å²) < 4.78 is 39.2. The Morgan fingerprint density at radius 2 is 1.61 bits per heavy atom. The number of hydrogen-bond donors (Lipinski definition) is 1. The van der Waals surface area contributed by atoms with E-state index >= 15 is 0 Å². The van der Waals surface area contributed by atoms with E-state index in [4.69, 9.17) is 9.47 Å². The van der Waals surface area contributed by atoms with Crippen LogP contribution in [0.2, 0.25) is 0 Å². The summed E-state index contributed by atoms with van der Waals surface area (Å²) in [6.45, 7) is 6.89. The van der Waals surface area contributed by atoms with Crippen LogP contribution in [0.4, 0.5) is 0 Å². The number of ether oxygens (including phenoxy) is 2. The number of sulfonamides is 1. The third-order valence-corrected chi connectivity index (χ3v) is 6.87. The largest absolute Gasteiger partial charge is 0.446 e. The summed E-state index contributed by atoms with van der Waals surface area (Å²) in [6, 6.07) is 13.9. The highest BCUT2D eigenvalue weighted by molar-refractivity contribution is 7.89. The first-order valence-electron chi connectivity index (χ1n) is 10.9. The predicted molar refractivity (Wildman–Crippen MR) is 123 cm³/mol. The molecule has 3 rings (SSSR count). The number of amides is 1. The number of morpholine rings is 1. The fourth-order valence-electron chi connectivity index (χ4n) is 3.44. The first kappa shape index (κ1) is 24.9. The third-order valence-electron chi connectivity index (χ3n) is 5.42. The topological polar surface area (TPSA) is 102 Å². The average molecular weight is 475 g/mol. The summed E-state index contributed by atoms with van der Waals surface area (Å²) in [5, 5.41) is 0. The van der Waals surface area contributed by atoms with Gasteiger partial charge >= 0.3 is 5.97 Å². The minimum absolute atomic E-state index is 0.0514. The molecule has 1 heterocycles. The maximum atomic E-state index is 13.2. The van der Waals surface area contributed by atoms with Crippen molar-refractivity contribution in [2.45, 2.75) is 37.8 Å². The third kappa shape index (κ3) is 6.40. The van der Waals surface area contributed by atoms with Crippen LogP contribution in [0.15, 0.2) is 59.5 Å². The summed E-state index contributed by atoms with van der Waals surface area (Å²) in [4.78, 5) is 28.0. The molecule has 1 aliphatic heterocycles. The Labute approximate surface area is 194 Å². The molecule has 0 unspecified atom stereocenters. The van der Waals surface area contributed by atoms with Crippen molar-refractivity contribution in [1.82, 2.24) is 9.62 Å². The molecule has 8 nitrogen and oxygen atoms in total. The summed E-state index contributed by atoms with van der Waals surface area (Å²) >= 11 is 0. The Morgan fingerprint density at radius 3 is 2.18 bits per heavy atom. The summed E-state index contributed by atoms with van der Waals surface area (Å²) in [5.74, 6) is -1.58. The van der Waals surface area contributed by atoms with Gasteiger partial charge in [0.05, 0.1) is 18.1 Å². The number of aryl methyl sites for hydroxylation is 1. The fourth-order valence-corrected chi connectivity index (χ4v) is 4.77. The van der Waals surface area contributed by atoms with E-state index in [0.717, 1.165) is 5.56 Å². The fraction of sp³-hybridized carbons (Fsp3) is 0.417. The lowest BCUT2D eigenvalue weighted by atomic mass is 10.0. The van der Waals surface area contributed by atoms with Gasteiger partial charge in [0.25, 0.3) is 5.91 Å². The Morgan fingerprint density at radius 1 is 1.00 bits per heavy atom. The highest BCUT2D eigenvalue weighted by Crippen LogP contribution is 2.23. The lowest BCUT2D eigenvalue weighted by Crippen LogP contribution is -2.48. The lowest BCUT2D eigenvalue weighted by Gasteiger charge is -2.31. The standard InChI is InChI=1S/C24H30N2O6S/c1-17(2)21(25-33(29,30)20-11-9-18(3)10-12-20)24(28)32-22(19-7-5-4-6-8-19)23(27)26-13-15-31-16-14-26/h4-12,17,21-22,25H,13-16H2,1-3H3/t21-,22-/m1/s1. The van der Waals surface area contributed by atoms with Gasteiger partial charge in [-0.1, -0.05) is 61.9 Å². The molecule has 0 spiro atoms. The molecule has 1 fully saturated rings. The van der Waals surface area contributed by atoms with Crippen molar-refractivity contribution in [2.24, 2.45) is 5.92 Å². The van der Waals surface area contributed by atoms with E-state index in [1.165, 1.54) is 12.1 Å². The SMILES string of the molecule is Cc1ccc(S(=O)(=O)N[C@@H](C(=O)O[C@@H](C(=O)N2CCOCC2)c2ccccc2)C(C)C)cc1. The first-order valence-corrected chi connectivity index (χ1v) is 12.4. The molecule has 2 aromatic carbocycles. The zero-order valence-corrected chi connectivity index (χ0v) is 19.9. The molecule has 33 heavy (non-hydrogen) atoms. The molecule has 1 aliphatic rings. The monoisotopic (exact) mass is 474 g/mol. The van der Waals surface area contributed by atoms with Crippen LogP contribution in [0.25, 0.3) is 0 Å². The first-order chi connectivity index (χ1) is 15.7. The average Bonchev–Trinajstić information content (AvgIpc) is 2.81. The van der Waals surface area contributed by atoms with Crippen LogP contribution in [-0.2, 0) is 29.1 Å². The molecule has 0 aromatic heterocycles. The molecule has 178 valence electrons. The Balaban J connectivity index is 1.83. The van der Waals surface area contributed by atoms with E-state index in [-0.39, 0.29) is 10.8 Å². The predicted octanol–water partition coefficient (Wildman–Crippen LogP) is 2.44. The van der Waals surface area contributed by atoms with Crippen molar-refractivity contribution in [3.63, 3.8) is 0 Å². The Bertz CT molecular complexity index is 1050. The molecular formula is C24H30N2O6S. The van der Waals surface area contributed by atoms with Gasteiger partial charge in [0.2, 0.25) is 16.1 Å². The Hall–Kier alpha value is -2.75. The molecule has 1 amide bonds. The molecule has 9 heteroatoms. The number of nitrogens with zero attached hydrogens (tertiary/aromatic N) is 1. The van der Waals surface area contributed by atoms with E-state index in [9.17, 15) is 18.0 Å². The number of rotatable bonds is 8. The van der Waals surface area contributed by atoms with Crippen molar-refractivity contribution in [2.75, 3.05) is 26.3 Å². The molecule has 2 aromatic rings. The van der Waals surface area contributed by atoms with E-state index < -0.39 is 34.1 Å². The summed E-state index contributed by atoms with van der Waals surface area (Å²) in [5.41, 5.74) is 1.44. The summed E-state index contributed by atoms with van der Waals surface area (Å²) in [7, 11) is -3.97. The van der Waals surface area contributed by atoms with E-state index in [1.54, 1.807) is 61.2 Å². The number of nitrogens with one attached hydrogen (secondary N) is 1. The van der Waals surface area contributed by atoms with Gasteiger partial charge in [-0.25, -0.2) is 8.42 Å². The van der Waals surface area contributed by atoms with Crippen molar-refractivity contribution in [1.29, 1.82) is 0 Å². The zero-order chi connectivity index (χ0) is 24.0. The normalized spacial score (nSPS) is 16.3. The van der Waals surface area contributed by atoms with Gasteiger partial charge < -0.3 is 14.4 Å². The minimum atomic E-state index is -3.97. The molecule has 1 N–H and O–H groups in total. The number of carbonyl (C=O) groups excluding carboxylic acids is 2. The minimum Gasteiger partial charge on any atom is -0.446 e. The van der Waals surface area contributed by atoms with Crippen LogP contribution in [-0.4, -0.2) is 57.5 Å². The van der Waals surface area contributed by atoms with Gasteiger partial charge in [-0.15, -0.1) is 0 Å². The Kier molecular flexibility index (Phi) is 8.23.